The Morgan fingerprint density at radius 3 is 2.15 bits per heavy atom. The molecule has 1 aliphatic heterocycles. The van der Waals surface area contributed by atoms with Crippen LogP contribution in [0.3, 0.4) is 0 Å². The molecule has 2 aromatic rings. The van der Waals surface area contributed by atoms with Crippen LogP contribution in [0.15, 0.2) is 12.1 Å². The highest BCUT2D eigenvalue weighted by molar-refractivity contribution is 5.71. The summed E-state index contributed by atoms with van der Waals surface area (Å²) in [6.07, 6.45) is 0. The van der Waals surface area contributed by atoms with E-state index < -0.39 is 4.92 Å². The Hall–Kier alpha value is -3.17. The number of nitro groups is 1. The SMILES string of the molecule is COc1cc(N2CCN(c3c(N)c(C)nn3C)CC2)c([N+](=O)[O-])cc1OC. The van der Waals surface area contributed by atoms with Crippen molar-refractivity contribution in [1.82, 2.24) is 9.78 Å². The predicted molar refractivity (Wildman–Crippen MR) is 103 cm³/mol. The van der Waals surface area contributed by atoms with Gasteiger partial charge in [0.1, 0.15) is 5.69 Å². The molecule has 0 aliphatic carbocycles. The van der Waals surface area contributed by atoms with Gasteiger partial charge in [-0.3, -0.25) is 14.8 Å². The summed E-state index contributed by atoms with van der Waals surface area (Å²) >= 11 is 0. The number of nitro benzene ring substituents is 1. The van der Waals surface area contributed by atoms with Crippen molar-refractivity contribution in [3.63, 3.8) is 0 Å². The quantitative estimate of drug-likeness (QED) is 0.618. The molecular formula is C17H24N6O4. The monoisotopic (exact) mass is 376 g/mol. The summed E-state index contributed by atoms with van der Waals surface area (Å²) < 4.78 is 12.3. The normalized spacial score (nSPS) is 14.4. The Morgan fingerprint density at radius 1 is 1.11 bits per heavy atom. The summed E-state index contributed by atoms with van der Waals surface area (Å²) in [6, 6.07) is 3.07. The molecule has 2 N–H and O–H groups in total. The summed E-state index contributed by atoms with van der Waals surface area (Å²) in [4.78, 5) is 15.3. The van der Waals surface area contributed by atoms with Crippen LogP contribution in [0.1, 0.15) is 5.69 Å². The molecule has 1 aromatic carbocycles. The maximum Gasteiger partial charge on any atom is 0.296 e. The number of aromatic nitrogens is 2. The summed E-state index contributed by atoms with van der Waals surface area (Å²) in [5.74, 6) is 1.69. The Kier molecular flexibility index (Phi) is 4.98. The standard InChI is InChI=1S/C17H24N6O4/c1-11-16(18)17(20(2)19-11)22-7-5-21(6-8-22)12-9-14(26-3)15(27-4)10-13(12)23(24)25/h9-10H,5-8,18H2,1-4H3. The number of piperazine rings is 1. The molecule has 1 saturated heterocycles. The minimum absolute atomic E-state index is 0.00279. The van der Waals surface area contributed by atoms with Crippen molar-refractivity contribution < 1.29 is 14.4 Å². The number of anilines is 3. The predicted octanol–water partition coefficient (Wildman–Crippen LogP) is 1.56. The van der Waals surface area contributed by atoms with E-state index in [-0.39, 0.29) is 5.69 Å². The van der Waals surface area contributed by atoms with E-state index in [1.165, 1.54) is 20.3 Å². The van der Waals surface area contributed by atoms with Crippen molar-refractivity contribution in [2.45, 2.75) is 6.92 Å². The largest absolute Gasteiger partial charge is 0.493 e. The van der Waals surface area contributed by atoms with Crippen LogP contribution in [0.4, 0.5) is 22.9 Å². The van der Waals surface area contributed by atoms with Gasteiger partial charge >= 0.3 is 0 Å². The molecule has 10 nitrogen and oxygen atoms in total. The van der Waals surface area contributed by atoms with Gasteiger partial charge < -0.3 is 25.0 Å². The smallest absolute Gasteiger partial charge is 0.296 e. The Labute approximate surface area is 157 Å². The van der Waals surface area contributed by atoms with Crippen molar-refractivity contribution in [3.05, 3.63) is 27.9 Å². The number of methoxy groups -OCH3 is 2. The number of ether oxygens (including phenoxy) is 2. The maximum atomic E-state index is 11.6. The first-order valence-electron chi connectivity index (χ1n) is 8.56. The van der Waals surface area contributed by atoms with Crippen LogP contribution in [-0.2, 0) is 7.05 Å². The molecular weight excluding hydrogens is 352 g/mol. The Balaban J connectivity index is 1.86. The third-order valence-corrected chi connectivity index (χ3v) is 4.83. The van der Waals surface area contributed by atoms with E-state index in [0.717, 1.165) is 11.5 Å². The molecule has 1 aromatic heterocycles. The molecule has 0 spiro atoms. The molecule has 0 radical (unpaired) electrons. The fourth-order valence-electron chi connectivity index (χ4n) is 3.45. The minimum Gasteiger partial charge on any atom is -0.493 e. The van der Waals surface area contributed by atoms with Crippen LogP contribution >= 0.6 is 0 Å². The van der Waals surface area contributed by atoms with Crippen molar-refractivity contribution in [1.29, 1.82) is 0 Å². The van der Waals surface area contributed by atoms with Crippen LogP contribution < -0.4 is 25.0 Å². The molecule has 0 bridgehead atoms. The number of nitrogens with zero attached hydrogens (tertiary/aromatic N) is 5. The van der Waals surface area contributed by atoms with Gasteiger partial charge in [-0.2, -0.15) is 5.10 Å². The average molecular weight is 376 g/mol. The van der Waals surface area contributed by atoms with Crippen LogP contribution in [0, 0.1) is 17.0 Å². The van der Waals surface area contributed by atoms with Crippen LogP contribution in [-0.4, -0.2) is 55.1 Å². The van der Waals surface area contributed by atoms with Crippen LogP contribution in [0.5, 0.6) is 11.5 Å². The number of hydrogen-bond acceptors (Lipinski definition) is 8. The van der Waals surface area contributed by atoms with E-state index in [4.69, 9.17) is 15.2 Å². The lowest BCUT2D eigenvalue weighted by Gasteiger charge is -2.37. The molecule has 146 valence electrons. The van der Waals surface area contributed by atoms with Gasteiger partial charge in [0.05, 0.1) is 36.6 Å². The molecule has 27 heavy (non-hydrogen) atoms. The zero-order chi connectivity index (χ0) is 19.7. The zero-order valence-electron chi connectivity index (χ0n) is 15.9. The van der Waals surface area contributed by atoms with Crippen molar-refractivity contribution >= 4 is 22.9 Å². The van der Waals surface area contributed by atoms with Crippen molar-refractivity contribution in [2.24, 2.45) is 7.05 Å². The van der Waals surface area contributed by atoms with E-state index in [0.29, 0.717) is 49.1 Å². The van der Waals surface area contributed by atoms with E-state index >= 15 is 0 Å². The molecule has 2 heterocycles. The first-order valence-corrected chi connectivity index (χ1v) is 8.56. The lowest BCUT2D eigenvalue weighted by molar-refractivity contribution is -0.384. The van der Waals surface area contributed by atoms with Gasteiger partial charge in [-0.1, -0.05) is 0 Å². The molecule has 0 unspecified atom stereocenters. The summed E-state index contributed by atoms with van der Waals surface area (Å²) in [5.41, 5.74) is 8.14. The van der Waals surface area contributed by atoms with Gasteiger partial charge in [0, 0.05) is 39.3 Å². The number of nitrogen functional groups attached to an aromatic ring is 1. The van der Waals surface area contributed by atoms with Crippen molar-refractivity contribution in [3.8, 4) is 11.5 Å². The highest BCUT2D eigenvalue weighted by atomic mass is 16.6. The topological polar surface area (TPSA) is 112 Å². The minimum atomic E-state index is -0.397. The van der Waals surface area contributed by atoms with Crippen molar-refractivity contribution in [2.75, 3.05) is 55.9 Å². The van der Waals surface area contributed by atoms with Crippen LogP contribution in [0.2, 0.25) is 0 Å². The van der Waals surface area contributed by atoms with Gasteiger partial charge in [0.25, 0.3) is 5.69 Å². The molecule has 0 atom stereocenters. The molecule has 10 heteroatoms. The second-order valence-electron chi connectivity index (χ2n) is 6.37. The first kappa shape index (κ1) is 18.6. The highest BCUT2D eigenvalue weighted by Crippen LogP contribution is 2.40. The maximum absolute atomic E-state index is 11.6. The molecule has 1 aliphatic rings. The number of benzene rings is 1. The lowest BCUT2D eigenvalue weighted by atomic mass is 10.2. The zero-order valence-corrected chi connectivity index (χ0v) is 15.9. The lowest BCUT2D eigenvalue weighted by Crippen LogP contribution is -2.47. The number of hydrogen-bond donors (Lipinski definition) is 1. The number of aryl methyl sites for hydroxylation is 2. The van der Waals surface area contributed by atoms with E-state index in [1.807, 2.05) is 18.9 Å². The van der Waals surface area contributed by atoms with Gasteiger partial charge in [0.15, 0.2) is 17.3 Å². The molecule has 1 fully saturated rings. The van der Waals surface area contributed by atoms with E-state index in [9.17, 15) is 10.1 Å². The molecule has 3 rings (SSSR count). The van der Waals surface area contributed by atoms with E-state index in [2.05, 4.69) is 10.00 Å². The fraction of sp³-hybridized carbons (Fsp3) is 0.471. The second kappa shape index (κ2) is 7.22. The molecule has 0 amide bonds. The highest BCUT2D eigenvalue weighted by Gasteiger charge is 2.28. The number of nitrogens with two attached hydrogens (primary N) is 1. The summed E-state index contributed by atoms with van der Waals surface area (Å²) in [6.45, 7) is 4.45. The van der Waals surface area contributed by atoms with Gasteiger partial charge in [-0.25, -0.2) is 0 Å². The Morgan fingerprint density at radius 2 is 1.67 bits per heavy atom. The van der Waals surface area contributed by atoms with Gasteiger partial charge in [0.2, 0.25) is 0 Å². The molecule has 0 saturated carbocycles. The summed E-state index contributed by atoms with van der Waals surface area (Å²) in [5, 5.41) is 15.9. The third kappa shape index (κ3) is 3.29. The van der Waals surface area contributed by atoms with Crippen LogP contribution in [0.25, 0.3) is 0 Å². The average Bonchev–Trinajstić information content (AvgIpc) is 2.92. The van der Waals surface area contributed by atoms with Gasteiger partial charge in [-0.05, 0) is 6.92 Å². The third-order valence-electron chi connectivity index (χ3n) is 4.83. The Bertz CT molecular complexity index is 858. The fourth-order valence-corrected chi connectivity index (χ4v) is 3.45. The summed E-state index contributed by atoms with van der Waals surface area (Å²) in [7, 11) is 4.84. The first-order chi connectivity index (χ1) is 12.9. The van der Waals surface area contributed by atoms with Gasteiger partial charge in [-0.15, -0.1) is 0 Å². The number of rotatable bonds is 5. The van der Waals surface area contributed by atoms with E-state index in [1.54, 1.807) is 10.7 Å². The second-order valence-corrected chi connectivity index (χ2v) is 6.37.